The zero-order valence-corrected chi connectivity index (χ0v) is 9.51. The van der Waals surface area contributed by atoms with E-state index in [2.05, 4.69) is 5.10 Å². The third-order valence-corrected chi connectivity index (χ3v) is 2.75. The molecule has 1 aliphatic rings. The van der Waals surface area contributed by atoms with Gasteiger partial charge in [-0.05, 0) is 18.2 Å². The Morgan fingerprint density at radius 2 is 1.94 bits per heavy atom. The molecule has 0 unspecified atom stereocenters. The topological polar surface area (TPSA) is 62.3 Å². The highest BCUT2D eigenvalue weighted by Gasteiger charge is 2.13. The summed E-state index contributed by atoms with van der Waals surface area (Å²) in [4.78, 5) is 0. The number of nitrogens with two attached hydrogens (primary N) is 1. The third-order valence-electron chi connectivity index (χ3n) is 2.75. The van der Waals surface area contributed by atoms with Gasteiger partial charge in [-0.1, -0.05) is 0 Å². The molecule has 17 heavy (non-hydrogen) atoms. The van der Waals surface area contributed by atoms with Crippen LogP contribution in [0.5, 0.6) is 11.5 Å². The van der Waals surface area contributed by atoms with E-state index in [0.717, 1.165) is 22.8 Å². The number of nitrogen functional groups attached to an aromatic ring is 1. The fourth-order valence-electron chi connectivity index (χ4n) is 1.83. The number of hydrogen-bond donors (Lipinski definition) is 1. The van der Waals surface area contributed by atoms with Crippen LogP contribution in [0.15, 0.2) is 24.3 Å². The monoisotopic (exact) mass is 231 g/mol. The quantitative estimate of drug-likeness (QED) is 0.806. The smallest absolute Gasteiger partial charge is 0.162 e. The van der Waals surface area contributed by atoms with Crippen LogP contribution in [0.25, 0.3) is 11.3 Å². The molecule has 88 valence electrons. The lowest BCUT2D eigenvalue weighted by atomic mass is 10.1. The van der Waals surface area contributed by atoms with E-state index in [1.807, 2.05) is 31.3 Å². The molecule has 1 aromatic heterocycles. The SMILES string of the molecule is Cn1nc(-c2ccc3c(c2)OCCO3)cc1N. The average Bonchev–Trinajstić information content (AvgIpc) is 2.69. The number of aromatic nitrogens is 2. The highest BCUT2D eigenvalue weighted by atomic mass is 16.6. The lowest BCUT2D eigenvalue weighted by Gasteiger charge is -2.18. The first-order valence-electron chi connectivity index (χ1n) is 5.43. The minimum Gasteiger partial charge on any atom is -0.486 e. The molecule has 2 heterocycles. The van der Waals surface area contributed by atoms with E-state index >= 15 is 0 Å². The molecule has 0 bridgehead atoms. The maximum absolute atomic E-state index is 5.76. The first-order valence-corrected chi connectivity index (χ1v) is 5.43. The van der Waals surface area contributed by atoms with Gasteiger partial charge in [0.1, 0.15) is 19.0 Å². The molecule has 5 nitrogen and oxygen atoms in total. The average molecular weight is 231 g/mol. The number of benzene rings is 1. The summed E-state index contributed by atoms with van der Waals surface area (Å²) in [7, 11) is 1.82. The molecule has 0 radical (unpaired) electrons. The second-order valence-electron chi connectivity index (χ2n) is 3.94. The first-order chi connectivity index (χ1) is 8.24. The van der Waals surface area contributed by atoms with Crippen LogP contribution in [-0.4, -0.2) is 23.0 Å². The van der Waals surface area contributed by atoms with Gasteiger partial charge >= 0.3 is 0 Å². The maximum Gasteiger partial charge on any atom is 0.162 e. The van der Waals surface area contributed by atoms with Gasteiger partial charge in [-0.25, -0.2) is 0 Å². The Balaban J connectivity index is 2.03. The number of aryl methyl sites for hydroxylation is 1. The number of hydrogen-bond acceptors (Lipinski definition) is 4. The minimum absolute atomic E-state index is 0.584. The second-order valence-corrected chi connectivity index (χ2v) is 3.94. The third kappa shape index (κ3) is 1.69. The molecular weight excluding hydrogens is 218 g/mol. The predicted octanol–water partition coefficient (Wildman–Crippen LogP) is 1.44. The van der Waals surface area contributed by atoms with Gasteiger partial charge in [-0.3, -0.25) is 4.68 Å². The molecular formula is C12H13N3O2. The molecule has 0 aliphatic carbocycles. The van der Waals surface area contributed by atoms with E-state index in [1.54, 1.807) is 4.68 Å². The van der Waals surface area contributed by atoms with Gasteiger partial charge in [0.25, 0.3) is 0 Å². The van der Waals surface area contributed by atoms with Gasteiger partial charge in [0.2, 0.25) is 0 Å². The number of ether oxygens (including phenoxy) is 2. The molecule has 0 spiro atoms. The molecule has 0 amide bonds. The van der Waals surface area contributed by atoms with Gasteiger partial charge in [0.05, 0.1) is 5.69 Å². The number of fused-ring (bicyclic) bond motifs is 1. The van der Waals surface area contributed by atoms with Crippen LogP contribution < -0.4 is 15.2 Å². The summed E-state index contributed by atoms with van der Waals surface area (Å²) in [5, 5.41) is 4.32. The van der Waals surface area contributed by atoms with Gasteiger partial charge in [0.15, 0.2) is 11.5 Å². The maximum atomic E-state index is 5.76. The highest BCUT2D eigenvalue weighted by molar-refractivity contribution is 5.66. The Labute approximate surface area is 98.8 Å². The Kier molecular flexibility index (Phi) is 2.18. The van der Waals surface area contributed by atoms with Crippen molar-refractivity contribution in [2.45, 2.75) is 0 Å². The summed E-state index contributed by atoms with van der Waals surface area (Å²) in [6.45, 7) is 1.18. The van der Waals surface area contributed by atoms with Crippen molar-refractivity contribution in [2.75, 3.05) is 18.9 Å². The standard InChI is InChI=1S/C12H13N3O2/c1-15-12(13)7-9(14-15)8-2-3-10-11(6-8)17-5-4-16-10/h2-3,6-7H,4-5,13H2,1H3. The molecule has 0 fully saturated rings. The lowest BCUT2D eigenvalue weighted by Crippen LogP contribution is -2.15. The summed E-state index contributed by atoms with van der Waals surface area (Å²) in [6.07, 6.45) is 0. The Morgan fingerprint density at radius 3 is 2.65 bits per heavy atom. The van der Waals surface area contributed by atoms with E-state index in [9.17, 15) is 0 Å². The molecule has 3 rings (SSSR count). The normalized spacial score (nSPS) is 13.7. The lowest BCUT2D eigenvalue weighted by molar-refractivity contribution is 0.171. The number of nitrogens with zero attached hydrogens (tertiary/aromatic N) is 2. The van der Waals surface area contributed by atoms with Gasteiger partial charge in [0, 0.05) is 18.7 Å². The van der Waals surface area contributed by atoms with E-state index < -0.39 is 0 Å². The Bertz CT molecular complexity index is 543. The molecule has 0 saturated carbocycles. The van der Waals surface area contributed by atoms with E-state index in [0.29, 0.717) is 19.0 Å². The Morgan fingerprint density at radius 1 is 1.18 bits per heavy atom. The molecule has 2 aromatic rings. The number of rotatable bonds is 1. The molecule has 1 aromatic carbocycles. The molecule has 5 heteroatoms. The minimum atomic E-state index is 0.584. The molecule has 2 N–H and O–H groups in total. The van der Waals surface area contributed by atoms with E-state index in [1.165, 1.54) is 0 Å². The van der Waals surface area contributed by atoms with Crippen molar-refractivity contribution in [3.8, 4) is 22.8 Å². The summed E-state index contributed by atoms with van der Waals surface area (Å²) in [5.41, 5.74) is 7.57. The van der Waals surface area contributed by atoms with Crippen LogP contribution in [0.4, 0.5) is 5.82 Å². The zero-order valence-electron chi connectivity index (χ0n) is 9.51. The van der Waals surface area contributed by atoms with Crippen molar-refractivity contribution in [3.63, 3.8) is 0 Å². The molecule has 0 saturated heterocycles. The van der Waals surface area contributed by atoms with Crippen LogP contribution in [0, 0.1) is 0 Å². The second kappa shape index (κ2) is 3.69. The van der Waals surface area contributed by atoms with E-state index in [4.69, 9.17) is 15.2 Å². The van der Waals surface area contributed by atoms with Crippen LogP contribution in [0.3, 0.4) is 0 Å². The van der Waals surface area contributed by atoms with Gasteiger partial charge < -0.3 is 15.2 Å². The Hall–Kier alpha value is -2.17. The first kappa shape index (κ1) is 10.0. The molecule has 1 aliphatic heterocycles. The van der Waals surface area contributed by atoms with Gasteiger partial charge in [-0.2, -0.15) is 5.10 Å². The van der Waals surface area contributed by atoms with Crippen molar-refractivity contribution in [1.82, 2.24) is 9.78 Å². The van der Waals surface area contributed by atoms with Gasteiger partial charge in [-0.15, -0.1) is 0 Å². The van der Waals surface area contributed by atoms with E-state index in [-0.39, 0.29) is 0 Å². The summed E-state index contributed by atoms with van der Waals surface area (Å²) < 4.78 is 12.6. The van der Waals surface area contributed by atoms with Crippen molar-refractivity contribution in [3.05, 3.63) is 24.3 Å². The summed E-state index contributed by atoms with van der Waals surface area (Å²) in [5.74, 6) is 2.18. The predicted molar refractivity (Wildman–Crippen MR) is 64.0 cm³/mol. The zero-order chi connectivity index (χ0) is 11.8. The fourth-order valence-corrected chi connectivity index (χ4v) is 1.83. The fraction of sp³-hybridized carbons (Fsp3) is 0.250. The highest BCUT2D eigenvalue weighted by Crippen LogP contribution is 2.34. The largest absolute Gasteiger partial charge is 0.486 e. The van der Waals surface area contributed by atoms with Crippen LogP contribution in [0.2, 0.25) is 0 Å². The van der Waals surface area contributed by atoms with Crippen LogP contribution in [-0.2, 0) is 7.05 Å². The van der Waals surface area contributed by atoms with Crippen molar-refractivity contribution in [2.24, 2.45) is 7.05 Å². The van der Waals surface area contributed by atoms with Crippen LogP contribution >= 0.6 is 0 Å². The van der Waals surface area contributed by atoms with Crippen molar-refractivity contribution < 1.29 is 9.47 Å². The van der Waals surface area contributed by atoms with Crippen molar-refractivity contribution in [1.29, 1.82) is 0 Å². The van der Waals surface area contributed by atoms with Crippen LogP contribution in [0.1, 0.15) is 0 Å². The molecule has 0 atom stereocenters. The summed E-state index contributed by atoms with van der Waals surface area (Å²) >= 11 is 0. The summed E-state index contributed by atoms with van der Waals surface area (Å²) in [6, 6.07) is 7.62. The number of anilines is 1. The van der Waals surface area contributed by atoms with Crippen molar-refractivity contribution >= 4 is 5.82 Å².